The van der Waals surface area contributed by atoms with Crippen LogP contribution in [0.3, 0.4) is 0 Å². The Morgan fingerprint density at radius 1 is 1.07 bits per heavy atom. The molecule has 1 spiro atoms. The minimum absolute atomic E-state index is 0.0196. The summed E-state index contributed by atoms with van der Waals surface area (Å²) in [5, 5.41) is 5.83. The van der Waals surface area contributed by atoms with Crippen LogP contribution in [0.1, 0.15) is 56.6 Å². The van der Waals surface area contributed by atoms with Gasteiger partial charge < -0.3 is 25.2 Å². The summed E-state index contributed by atoms with van der Waals surface area (Å²) >= 11 is 0. The molecule has 1 atom stereocenters. The molecule has 0 aromatic heterocycles. The highest BCUT2D eigenvalue weighted by Gasteiger charge is 2.52. The first kappa shape index (κ1) is 32.1. The minimum atomic E-state index is -0.768. The van der Waals surface area contributed by atoms with Gasteiger partial charge in [-0.1, -0.05) is 61.5 Å². The average Bonchev–Trinajstić information content (AvgIpc) is 3.02. The Bertz CT molecular complexity index is 1220. The van der Waals surface area contributed by atoms with Crippen LogP contribution in [0.4, 0.5) is 10.5 Å². The van der Waals surface area contributed by atoms with Crippen molar-refractivity contribution < 1.29 is 19.1 Å². The van der Waals surface area contributed by atoms with E-state index in [1.54, 1.807) is 0 Å². The van der Waals surface area contributed by atoms with E-state index in [0.29, 0.717) is 45.2 Å². The lowest BCUT2D eigenvalue weighted by Crippen LogP contribution is -2.72. The van der Waals surface area contributed by atoms with Gasteiger partial charge in [-0.25, -0.2) is 4.79 Å². The van der Waals surface area contributed by atoms with Crippen molar-refractivity contribution in [1.29, 1.82) is 0 Å². The Morgan fingerprint density at radius 3 is 2.47 bits per heavy atom. The molecule has 0 saturated carbocycles. The maximum Gasteiger partial charge on any atom is 0.407 e. The molecule has 0 aliphatic carbocycles. The van der Waals surface area contributed by atoms with E-state index in [1.807, 2.05) is 49.3 Å². The van der Waals surface area contributed by atoms with Crippen LogP contribution in [0, 0.1) is 0 Å². The number of anilines is 1. The molecule has 9 nitrogen and oxygen atoms in total. The summed E-state index contributed by atoms with van der Waals surface area (Å²) in [5.74, 6) is -0.00413. The van der Waals surface area contributed by atoms with Crippen LogP contribution < -0.4 is 15.5 Å². The van der Waals surface area contributed by atoms with Gasteiger partial charge in [0.1, 0.15) is 18.2 Å². The molecule has 2 N–H and O–H groups in total. The number of carbonyl (C=O) groups excluding carboxylic acids is 3. The SMILES string of the molecule is CCCN1C(=O)[C@H](CCCCNC(=O)OCc2ccccc2)NC(=O)C12CCN(C/C=C/c1ccc(N(C)C)cc1)CC2. The van der Waals surface area contributed by atoms with Gasteiger partial charge in [0.15, 0.2) is 0 Å². The van der Waals surface area contributed by atoms with Gasteiger partial charge in [0.2, 0.25) is 11.8 Å². The normalized spacial score (nSPS) is 18.6. The molecular formula is C34H47N5O4. The summed E-state index contributed by atoms with van der Waals surface area (Å²) in [4.78, 5) is 45.4. The number of ether oxygens (including phenoxy) is 1. The predicted molar refractivity (Wildman–Crippen MR) is 171 cm³/mol. The largest absolute Gasteiger partial charge is 0.445 e. The molecule has 3 amide bonds. The number of nitrogens with zero attached hydrogens (tertiary/aromatic N) is 3. The van der Waals surface area contributed by atoms with Crippen LogP contribution >= 0.6 is 0 Å². The molecule has 2 aliphatic rings. The second kappa shape index (κ2) is 15.6. The van der Waals surface area contributed by atoms with Gasteiger partial charge in [0, 0.05) is 52.5 Å². The standard InChI is InChI=1S/C34H47N5O4/c1-4-22-39-31(40)30(14-8-9-21-35-33(42)43-26-28-11-6-5-7-12-28)36-32(41)34(39)19-24-38(25-20-34)23-10-13-27-15-17-29(18-16-27)37(2)3/h5-7,10-13,15-18,30H,4,8-9,14,19-26H2,1-3H3,(H,35,42)(H,36,41)/b13-10+/t30-/m0/s1. The summed E-state index contributed by atoms with van der Waals surface area (Å²) < 4.78 is 5.24. The molecule has 0 bridgehead atoms. The third-order valence-corrected chi connectivity index (χ3v) is 8.42. The molecule has 2 fully saturated rings. The Balaban J connectivity index is 1.21. The number of piperazine rings is 1. The zero-order valence-electron chi connectivity index (χ0n) is 25.9. The predicted octanol–water partition coefficient (Wildman–Crippen LogP) is 4.43. The number of nitrogens with one attached hydrogen (secondary N) is 2. The van der Waals surface area contributed by atoms with E-state index < -0.39 is 17.7 Å². The van der Waals surface area contributed by atoms with Crippen molar-refractivity contribution in [2.24, 2.45) is 0 Å². The number of alkyl carbamates (subject to hydrolysis) is 1. The zero-order valence-corrected chi connectivity index (χ0v) is 25.9. The molecular weight excluding hydrogens is 542 g/mol. The third kappa shape index (κ3) is 8.60. The Kier molecular flexibility index (Phi) is 11.6. The van der Waals surface area contributed by atoms with Crippen LogP contribution in [-0.2, 0) is 20.9 Å². The number of likely N-dealkylation sites (tertiary alicyclic amines) is 1. The van der Waals surface area contributed by atoms with E-state index in [-0.39, 0.29) is 18.4 Å². The van der Waals surface area contributed by atoms with E-state index in [9.17, 15) is 14.4 Å². The van der Waals surface area contributed by atoms with Crippen molar-refractivity contribution in [3.8, 4) is 0 Å². The van der Waals surface area contributed by atoms with Gasteiger partial charge in [-0.3, -0.25) is 14.5 Å². The van der Waals surface area contributed by atoms with Gasteiger partial charge in [-0.15, -0.1) is 0 Å². The van der Waals surface area contributed by atoms with Crippen molar-refractivity contribution in [3.63, 3.8) is 0 Å². The molecule has 9 heteroatoms. The first-order valence-corrected chi connectivity index (χ1v) is 15.6. The van der Waals surface area contributed by atoms with Crippen molar-refractivity contribution in [1.82, 2.24) is 20.4 Å². The fraction of sp³-hybridized carbons (Fsp3) is 0.500. The van der Waals surface area contributed by atoms with Crippen molar-refractivity contribution in [3.05, 3.63) is 71.8 Å². The molecule has 2 aromatic carbocycles. The number of unbranched alkanes of at least 4 members (excludes halogenated alkanes) is 1. The highest BCUT2D eigenvalue weighted by atomic mass is 16.5. The third-order valence-electron chi connectivity index (χ3n) is 8.42. The number of hydrogen-bond donors (Lipinski definition) is 2. The summed E-state index contributed by atoms with van der Waals surface area (Å²) in [7, 11) is 4.07. The lowest BCUT2D eigenvalue weighted by Gasteiger charge is -2.51. The summed E-state index contributed by atoms with van der Waals surface area (Å²) in [6.45, 7) is 5.66. The van der Waals surface area contributed by atoms with E-state index in [1.165, 1.54) is 5.69 Å². The monoisotopic (exact) mass is 589 g/mol. The van der Waals surface area contributed by atoms with Crippen molar-refractivity contribution in [2.45, 2.75) is 63.6 Å². The average molecular weight is 590 g/mol. The first-order valence-electron chi connectivity index (χ1n) is 15.6. The fourth-order valence-corrected chi connectivity index (χ4v) is 5.88. The zero-order chi connectivity index (χ0) is 30.7. The molecule has 2 aromatic rings. The first-order chi connectivity index (χ1) is 20.8. The Morgan fingerprint density at radius 2 is 1.79 bits per heavy atom. The van der Waals surface area contributed by atoms with Gasteiger partial charge in [0.25, 0.3) is 0 Å². The topological polar surface area (TPSA) is 94.2 Å². The van der Waals surface area contributed by atoms with Crippen LogP contribution in [0.5, 0.6) is 0 Å². The second-order valence-electron chi connectivity index (χ2n) is 11.7. The molecule has 2 heterocycles. The molecule has 2 aliphatic heterocycles. The molecule has 43 heavy (non-hydrogen) atoms. The molecule has 2 saturated heterocycles. The van der Waals surface area contributed by atoms with E-state index in [4.69, 9.17) is 4.74 Å². The molecule has 4 rings (SSSR count). The summed E-state index contributed by atoms with van der Waals surface area (Å²) in [6.07, 6.45) is 7.89. The number of carbonyl (C=O) groups is 3. The maximum atomic E-state index is 13.6. The van der Waals surface area contributed by atoms with Gasteiger partial charge in [-0.05, 0) is 61.8 Å². The van der Waals surface area contributed by atoms with Gasteiger partial charge >= 0.3 is 6.09 Å². The van der Waals surface area contributed by atoms with Gasteiger partial charge in [-0.2, -0.15) is 0 Å². The van der Waals surface area contributed by atoms with Crippen molar-refractivity contribution >= 4 is 29.7 Å². The number of piperidine rings is 1. The number of rotatable bonds is 13. The number of hydrogen-bond acceptors (Lipinski definition) is 6. The number of amides is 3. The summed E-state index contributed by atoms with van der Waals surface area (Å²) in [6, 6.07) is 17.5. The highest BCUT2D eigenvalue weighted by Crippen LogP contribution is 2.34. The lowest BCUT2D eigenvalue weighted by atomic mass is 9.81. The van der Waals surface area contributed by atoms with Crippen LogP contribution in [0.2, 0.25) is 0 Å². The molecule has 232 valence electrons. The fourth-order valence-electron chi connectivity index (χ4n) is 5.88. The summed E-state index contributed by atoms with van der Waals surface area (Å²) in [5.41, 5.74) is 2.50. The maximum absolute atomic E-state index is 13.6. The van der Waals surface area contributed by atoms with E-state index >= 15 is 0 Å². The molecule has 0 radical (unpaired) electrons. The quantitative estimate of drug-likeness (QED) is 0.336. The highest BCUT2D eigenvalue weighted by molar-refractivity contribution is 6.00. The van der Waals surface area contributed by atoms with Gasteiger partial charge in [0.05, 0.1) is 0 Å². The molecule has 0 unspecified atom stereocenters. The number of benzene rings is 2. The lowest BCUT2D eigenvalue weighted by molar-refractivity contribution is -0.161. The van der Waals surface area contributed by atoms with Crippen LogP contribution in [-0.4, -0.2) is 86.1 Å². The minimum Gasteiger partial charge on any atom is -0.445 e. The van der Waals surface area contributed by atoms with E-state index in [0.717, 1.165) is 37.2 Å². The second-order valence-corrected chi connectivity index (χ2v) is 11.7. The van der Waals surface area contributed by atoms with Crippen LogP contribution in [0.15, 0.2) is 60.7 Å². The Labute approximate surface area is 256 Å². The Hall–Kier alpha value is -3.85. The van der Waals surface area contributed by atoms with Crippen LogP contribution in [0.25, 0.3) is 6.08 Å². The van der Waals surface area contributed by atoms with Crippen molar-refractivity contribution in [2.75, 3.05) is 51.7 Å². The smallest absolute Gasteiger partial charge is 0.407 e. The van der Waals surface area contributed by atoms with E-state index in [2.05, 4.69) is 63.8 Å².